The first-order valence-electron chi connectivity index (χ1n) is 2.19. The maximum absolute atomic E-state index is 7.91. The van der Waals surface area contributed by atoms with Crippen LogP contribution in [0.2, 0.25) is 0 Å². The Morgan fingerprint density at radius 2 is 2.67 bits per heavy atom. The number of aromatic amines is 1. The molecule has 6 nitrogen and oxygen atoms in total. The molecular formula is C3H4N6. The van der Waals surface area contributed by atoms with E-state index in [-0.39, 0.29) is 5.82 Å². The van der Waals surface area contributed by atoms with E-state index in [4.69, 9.17) is 11.3 Å². The minimum absolute atomic E-state index is 0.192. The summed E-state index contributed by atoms with van der Waals surface area (Å²) in [5, 5.41) is 9.16. The van der Waals surface area contributed by atoms with Gasteiger partial charge < -0.3 is 5.73 Å². The van der Waals surface area contributed by atoms with E-state index >= 15 is 0 Å². The number of hydrogen-bond acceptors (Lipinski definition) is 3. The summed E-state index contributed by atoms with van der Waals surface area (Å²) < 4.78 is 0. The predicted octanol–water partition coefficient (Wildman–Crippen LogP) is 0.934. The molecule has 1 aromatic heterocycles. The fraction of sp³-hybridized carbons (Fsp3) is 0. The highest BCUT2D eigenvalue weighted by atomic mass is 15.2. The first-order valence-corrected chi connectivity index (χ1v) is 2.19. The van der Waals surface area contributed by atoms with Gasteiger partial charge >= 0.3 is 0 Å². The number of aromatic nitrogens is 2. The van der Waals surface area contributed by atoms with Crippen LogP contribution in [-0.2, 0) is 0 Å². The Bertz CT molecular complexity index is 243. The highest BCUT2D eigenvalue weighted by Crippen LogP contribution is 2.15. The van der Waals surface area contributed by atoms with E-state index in [0.29, 0.717) is 5.69 Å². The largest absolute Gasteiger partial charge is 0.396 e. The second-order valence-corrected chi connectivity index (χ2v) is 1.35. The topological polar surface area (TPSA) is 103 Å². The van der Waals surface area contributed by atoms with Crippen LogP contribution in [0.5, 0.6) is 0 Å². The first kappa shape index (κ1) is 5.46. The van der Waals surface area contributed by atoms with Gasteiger partial charge in [-0.3, -0.25) is 5.10 Å². The Morgan fingerprint density at radius 1 is 1.89 bits per heavy atom. The summed E-state index contributed by atoms with van der Waals surface area (Å²) in [7, 11) is 0. The van der Waals surface area contributed by atoms with E-state index in [1.54, 1.807) is 0 Å². The molecule has 0 radical (unpaired) electrons. The van der Waals surface area contributed by atoms with Crippen LogP contribution in [0.1, 0.15) is 0 Å². The van der Waals surface area contributed by atoms with E-state index in [9.17, 15) is 0 Å². The van der Waals surface area contributed by atoms with Gasteiger partial charge in [0.1, 0.15) is 0 Å². The summed E-state index contributed by atoms with van der Waals surface area (Å²) in [4.78, 5) is 2.50. The third-order valence-corrected chi connectivity index (χ3v) is 0.788. The third-order valence-electron chi connectivity index (χ3n) is 0.788. The second kappa shape index (κ2) is 2.06. The molecule has 9 heavy (non-hydrogen) atoms. The molecule has 0 aliphatic carbocycles. The number of anilines is 1. The minimum atomic E-state index is 0.192. The molecule has 6 heteroatoms. The second-order valence-electron chi connectivity index (χ2n) is 1.35. The van der Waals surface area contributed by atoms with E-state index in [2.05, 4.69) is 20.2 Å². The van der Waals surface area contributed by atoms with Crippen molar-refractivity contribution in [2.24, 2.45) is 5.11 Å². The van der Waals surface area contributed by atoms with Gasteiger partial charge in [-0.2, -0.15) is 5.10 Å². The Morgan fingerprint density at radius 3 is 3.11 bits per heavy atom. The molecule has 0 amide bonds. The molecule has 0 bridgehead atoms. The van der Waals surface area contributed by atoms with Gasteiger partial charge in [-0.25, -0.2) is 0 Å². The molecule has 0 fully saturated rings. The van der Waals surface area contributed by atoms with E-state index in [1.807, 2.05) is 0 Å². The van der Waals surface area contributed by atoms with Gasteiger partial charge in [0, 0.05) is 11.1 Å². The number of nitrogens with zero attached hydrogens (tertiary/aromatic N) is 4. The van der Waals surface area contributed by atoms with E-state index in [0.717, 1.165) is 0 Å². The lowest BCUT2D eigenvalue weighted by atomic mass is 10.5. The van der Waals surface area contributed by atoms with Crippen molar-refractivity contribution in [3.63, 3.8) is 0 Å². The smallest absolute Gasteiger partial charge is 0.171 e. The Hall–Kier alpha value is -1.68. The summed E-state index contributed by atoms with van der Waals surface area (Å²) in [6.45, 7) is 0. The minimum Gasteiger partial charge on any atom is -0.396 e. The molecule has 1 heterocycles. The number of H-pyrrole nitrogens is 1. The van der Waals surface area contributed by atoms with Crippen LogP contribution < -0.4 is 5.73 Å². The van der Waals surface area contributed by atoms with Crippen LogP contribution >= 0.6 is 0 Å². The van der Waals surface area contributed by atoms with Gasteiger partial charge in [0.2, 0.25) is 0 Å². The van der Waals surface area contributed by atoms with Crippen molar-refractivity contribution in [3.05, 3.63) is 16.6 Å². The first-order chi connectivity index (χ1) is 4.34. The van der Waals surface area contributed by atoms with Gasteiger partial charge in [-0.1, -0.05) is 0 Å². The summed E-state index contributed by atoms with van der Waals surface area (Å²) in [5.74, 6) is 0.192. The van der Waals surface area contributed by atoms with Crippen molar-refractivity contribution >= 4 is 11.5 Å². The average Bonchev–Trinajstić information content (AvgIpc) is 2.18. The Kier molecular flexibility index (Phi) is 1.25. The number of nitrogens with two attached hydrogens (primary N) is 1. The molecular weight excluding hydrogens is 120 g/mol. The number of nitrogen functional groups attached to an aromatic ring is 1. The highest BCUT2D eigenvalue weighted by molar-refractivity contribution is 5.54. The summed E-state index contributed by atoms with van der Waals surface area (Å²) in [6, 6.07) is 0. The van der Waals surface area contributed by atoms with Crippen molar-refractivity contribution in [2.45, 2.75) is 0 Å². The molecule has 0 atom stereocenters. The van der Waals surface area contributed by atoms with Crippen LogP contribution in [0.15, 0.2) is 11.3 Å². The number of nitrogens with one attached hydrogen (secondary N) is 1. The lowest BCUT2D eigenvalue weighted by molar-refractivity contribution is 1.08. The summed E-state index contributed by atoms with van der Waals surface area (Å²) >= 11 is 0. The van der Waals surface area contributed by atoms with Gasteiger partial charge in [0.05, 0.1) is 5.69 Å². The van der Waals surface area contributed by atoms with Crippen LogP contribution in [0.25, 0.3) is 10.4 Å². The maximum atomic E-state index is 7.91. The summed E-state index contributed by atoms with van der Waals surface area (Å²) in [6.07, 6.45) is 1.45. The van der Waals surface area contributed by atoms with Crippen LogP contribution in [0.4, 0.5) is 11.5 Å². The Labute approximate surface area is 50.3 Å². The van der Waals surface area contributed by atoms with Crippen molar-refractivity contribution < 1.29 is 0 Å². The zero-order valence-electron chi connectivity index (χ0n) is 4.44. The SMILES string of the molecule is [N-]=[N+]=Nc1n[nH]cc1N. The van der Waals surface area contributed by atoms with Gasteiger partial charge in [0.15, 0.2) is 5.82 Å². The molecule has 0 aliphatic rings. The normalized spacial score (nSPS) is 8.44. The fourth-order valence-corrected chi connectivity index (χ4v) is 0.415. The monoisotopic (exact) mass is 124 g/mol. The van der Waals surface area contributed by atoms with Crippen molar-refractivity contribution in [3.8, 4) is 0 Å². The predicted molar refractivity (Wildman–Crippen MR) is 31.8 cm³/mol. The summed E-state index contributed by atoms with van der Waals surface area (Å²) in [5.41, 5.74) is 13.5. The van der Waals surface area contributed by atoms with Crippen molar-refractivity contribution in [2.75, 3.05) is 5.73 Å². The number of rotatable bonds is 1. The molecule has 3 N–H and O–H groups in total. The molecule has 0 aromatic carbocycles. The van der Waals surface area contributed by atoms with E-state index < -0.39 is 0 Å². The van der Waals surface area contributed by atoms with Crippen LogP contribution in [0, 0.1) is 0 Å². The van der Waals surface area contributed by atoms with Gasteiger partial charge in [-0.15, -0.1) is 0 Å². The zero-order chi connectivity index (χ0) is 6.69. The van der Waals surface area contributed by atoms with Crippen molar-refractivity contribution in [1.29, 1.82) is 0 Å². The molecule has 0 spiro atoms. The molecule has 1 rings (SSSR count). The van der Waals surface area contributed by atoms with Crippen LogP contribution in [-0.4, -0.2) is 10.2 Å². The molecule has 0 saturated heterocycles. The quantitative estimate of drug-likeness (QED) is 0.330. The van der Waals surface area contributed by atoms with Gasteiger partial charge in [-0.05, 0) is 10.6 Å². The molecule has 46 valence electrons. The van der Waals surface area contributed by atoms with E-state index in [1.165, 1.54) is 6.20 Å². The lowest BCUT2D eigenvalue weighted by Gasteiger charge is -1.79. The molecule has 0 saturated carbocycles. The van der Waals surface area contributed by atoms with Crippen molar-refractivity contribution in [1.82, 2.24) is 10.2 Å². The zero-order valence-corrected chi connectivity index (χ0v) is 4.44. The number of hydrogen-bond donors (Lipinski definition) is 2. The standard InChI is InChI=1S/C3H4N6/c4-2-1-6-7-3(2)8-9-5/h1H,4H2,(H,6,7). The molecule has 0 unspecified atom stereocenters. The Balaban J connectivity index is 3.07. The third kappa shape index (κ3) is 0.920. The lowest BCUT2D eigenvalue weighted by Crippen LogP contribution is -1.78. The molecule has 1 aromatic rings. The highest BCUT2D eigenvalue weighted by Gasteiger charge is 1.94. The maximum Gasteiger partial charge on any atom is 0.171 e. The number of azide groups is 1. The fourth-order valence-electron chi connectivity index (χ4n) is 0.415. The van der Waals surface area contributed by atoms with Crippen LogP contribution in [0.3, 0.4) is 0 Å². The van der Waals surface area contributed by atoms with Gasteiger partial charge in [0.25, 0.3) is 0 Å². The average molecular weight is 124 g/mol. The molecule has 0 aliphatic heterocycles.